The number of halogens is 1. The van der Waals surface area contributed by atoms with Crippen LogP contribution in [-0.2, 0) is 11.3 Å². The molecule has 2 rings (SSSR count). The van der Waals surface area contributed by atoms with Crippen LogP contribution in [0, 0.1) is 0 Å². The molecule has 6 nitrogen and oxygen atoms in total. The zero-order chi connectivity index (χ0) is 17.4. The van der Waals surface area contributed by atoms with E-state index in [9.17, 15) is 4.79 Å². The summed E-state index contributed by atoms with van der Waals surface area (Å²) in [5, 5.41) is 7.42. The number of hydrogen-bond acceptors (Lipinski definition) is 3. The Hall–Kier alpha value is -1.95. The number of carbonyl (C=O) groups is 1. The van der Waals surface area contributed by atoms with Crippen molar-refractivity contribution in [2.24, 2.45) is 4.99 Å². The lowest BCUT2D eigenvalue weighted by Crippen LogP contribution is -2.49. The third-order valence-corrected chi connectivity index (χ3v) is 4.17. The summed E-state index contributed by atoms with van der Waals surface area (Å²) in [4.78, 5) is 17.7. The summed E-state index contributed by atoms with van der Waals surface area (Å²) in [5.41, 5.74) is 1.10. The minimum absolute atomic E-state index is 0.223. The third kappa shape index (κ3) is 5.60. The first-order valence-corrected chi connectivity index (χ1v) is 8.63. The Labute approximate surface area is 148 Å². The van der Waals surface area contributed by atoms with Gasteiger partial charge in [0.2, 0.25) is 0 Å². The molecule has 0 saturated carbocycles. The van der Waals surface area contributed by atoms with Gasteiger partial charge in [-0.15, -0.1) is 0 Å². The lowest BCUT2D eigenvalue weighted by Gasteiger charge is -2.32. The lowest BCUT2D eigenvalue weighted by molar-refractivity contribution is 0.0963. The summed E-state index contributed by atoms with van der Waals surface area (Å²) >= 11 is 6.00. The fourth-order valence-corrected chi connectivity index (χ4v) is 2.85. The van der Waals surface area contributed by atoms with E-state index in [1.807, 2.05) is 31.2 Å². The van der Waals surface area contributed by atoms with Gasteiger partial charge < -0.3 is 20.3 Å². The second-order valence-electron chi connectivity index (χ2n) is 5.66. The molecule has 1 aliphatic rings. The first-order valence-electron chi connectivity index (χ1n) is 8.25. The largest absolute Gasteiger partial charge is 0.450 e. The molecule has 2 N–H and O–H groups in total. The summed E-state index contributed by atoms with van der Waals surface area (Å²) < 4.78 is 5.04. The maximum atomic E-state index is 11.7. The van der Waals surface area contributed by atoms with Crippen LogP contribution in [0.25, 0.3) is 0 Å². The first-order chi connectivity index (χ1) is 11.6. The normalized spacial score (nSPS) is 16.0. The van der Waals surface area contributed by atoms with Gasteiger partial charge >= 0.3 is 6.09 Å². The summed E-state index contributed by atoms with van der Waals surface area (Å²) in [5.74, 6) is 0.754. The Kier molecular flexibility index (Phi) is 7.18. The molecule has 0 bridgehead atoms. The molecule has 24 heavy (non-hydrogen) atoms. The number of nitrogens with zero attached hydrogens (tertiary/aromatic N) is 2. The number of piperidine rings is 1. The zero-order valence-electron chi connectivity index (χ0n) is 14.2. The van der Waals surface area contributed by atoms with Crippen LogP contribution < -0.4 is 10.6 Å². The van der Waals surface area contributed by atoms with Gasteiger partial charge in [-0.3, -0.25) is 4.99 Å². The number of ether oxygens (including phenoxy) is 1. The van der Waals surface area contributed by atoms with E-state index in [4.69, 9.17) is 16.3 Å². The average molecular weight is 353 g/mol. The minimum atomic E-state index is -0.223. The SMILES string of the molecule is CCOC(=O)N1CCC(NC(=NC)NCc2cccc(Cl)c2)CC1. The number of carbonyl (C=O) groups excluding carboxylic acids is 1. The van der Waals surface area contributed by atoms with Gasteiger partial charge in [0.25, 0.3) is 0 Å². The van der Waals surface area contributed by atoms with E-state index in [1.165, 1.54) is 0 Å². The molecule has 1 amide bonds. The number of likely N-dealkylation sites (tertiary alicyclic amines) is 1. The number of hydrogen-bond donors (Lipinski definition) is 2. The van der Waals surface area contributed by atoms with Gasteiger partial charge in [0, 0.05) is 37.7 Å². The number of guanidine groups is 1. The van der Waals surface area contributed by atoms with Crippen molar-refractivity contribution >= 4 is 23.7 Å². The van der Waals surface area contributed by atoms with Crippen LogP contribution >= 0.6 is 11.6 Å². The van der Waals surface area contributed by atoms with Crippen LogP contribution in [0.2, 0.25) is 5.02 Å². The van der Waals surface area contributed by atoms with E-state index in [-0.39, 0.29) is 6.09 Å². The van der Waals surface area contributed by atoms with Gasteiger partial charge in [0.15, 0.2) is 5.96 Å². The van der Waals surface area contributed by atoms with E-state index in [0.717, 1.165) is 29.4 Å². The maximum absolute atomic E-state index is 11.7. The van der Waals surface area contributed by atoms with E-state index in [1.54, 1.807) is 11.9 Å². The summed E-state index contributed by atoms with van der Waals surface area (Å²) in [6.45, 7) is 4.28. The van der Waals surface area contributed by atoms with Gasteiger partial charge in [-0.2, -0.15) is 0 Å². The number of aliphatic imine (C=N–C) groups is 1. The van der Waals surface area contributed by atoms with Crippen molar-refractivity contribution in [2.45, 2.75) is 32.4 Å². The Bertz CT molecular complexity index is 571. The van der Waals surface area contributed by atoms with Crippen molar-refractivity contribution in [3.63, 3.8) is 0 Å². The molecular weight excluding hydrogens is 328 g/mol. The predicted molar refractivity (Wildman–Crippen MR) is 96.4 cm³/mol. The van der Waals surface area contributed by atoms with E-state index < -0.39 is 0 Å². The van der Waals surface area contributed by atoms with E-state index in [0.29, 0.717) is 32.3 Å². The minimum Gasteiger partial charge on any atom is -0.450 e. The standard InChI is InChI=1S/C17H25ClN4O2/c1-3-24-17(23)22-9-7-15(8-10-22)21-16(19-2)20-12-13-5-4-6-14(18)11-13/h4-6,11,15H,3,7-10,12H2,1-2H3,(H2,19,20,21). The third-order valence-electron chi connectivity index (χ3n) is 3.93. The molecule has 0 aromatic heterocycles. The number of nitrogens with one attached hydrogen (secondary N) is 2. The topological polar surface area (TPSA) is 66.0 Å². The van der Waals surface area contributed by atoms with Gasteiger partial charge in [-0.1, -0.05) is 23.7 Å². The number of rotatable bonds is 4. The quantitative estimate of drug-likeness (QED) is 0.645. The van der Waals surface area contributed by atoms with Crippen molar-refractivity contribution in [3.05, 3.63) is 34.9 Å². The van der Waals surface area contributed by atoms with Crippen LogP contribution in [0.1, 0.15) is 25.3 Å². The van der Waals surface area contributed by atoms with E-state index in [2.05, 4.69) is 15.6 Å². The Morgan fingerprint density at radius 1 is 1.42 bits per heavy atom. The monoisotopic (exact) mass is 352 g/mol. The molecule has 132 valence electrons. The van der Waals surface area contributed by atoms with E-state index >= 15 is 0 Å². The van der Waals surface area contributed by atoms with Crippen molar-refractivity contribution in [1.29, 1.82) is 0 Å². The maximum Gasteiger partial charge on any atom is 0.409 e. The van der Waals surface area contributed by atoms with Crippen LogP contribution in [-0.4, -0.2) is 49.7 Å². The molecule has 1 fully saturated rings. The van der Waals surface area contributed by atoms with Gasteiger partial charge in [-0.25, -0.2) is 4.79 Å². The van der Waals surface area contributed by atoms with Gasteiger partial charge in [-0.05, 0) is 37.5 Å². The molecule has 0 radical (unpaired) electrons. The average Bonchev–Trinajstić information content (AvgIpc) is 2.59. The van der Waals surface area contributed by atoms with Crippen LogP contribution in [0.3, 0.4) is 0 Å². The number of benzene rings is 1. The highest BCUT2D eigenvalue weighted by atomic mass is 35.5. The molecule has 1 heterocycles. The second-order valence-corrected chi connectivity index (χ2v) is 6.10. The molecule has 0 unspecified atom stereocenters. The number of amides is 1. The summed E-state index contributed by atoms with van der Waals surface area (Å²) in [6.07, 6.45) is 1.52. The predicted octanol–water partition coefficient (Wildman–Crippen LogP) is 2.63. The molecule has 7 heteroatoms. The molecule has 0 spiro atoms. The molecule has 1 saturated heterocycles. The highest BCUT2D eigenvalue weighted by Gasteiger charge is 2.23. The Morgan fingerprint density at radius 2 is 2.17 bits per heavy atom. The van der Waals surface area contributed by atoms with Crippen molar-refractivity contribution in [3.8, 4) is 0 Å². The van der Waals surface area contributed by atoms with Crippen LogP contribution in [0.4, 0.5) is 4.79 Å². The van der Waals surface area contributed by atoms with Crippen LogP contribution in [0.15, 0.2) is 29.3 Å². The van der Waals surface area contributed by atoms with Crippen LogP contribution in [0.5, 0.6) is 0 Å². The van der Waals surface area contributed by atoms with Crippen molar-refractivity contribution < 1.29 is 9.53 Å². The molecular formula is C17H25ClN4O2. The highest BCUT2D eigenvalue weighted by Crippen LogP contribution is 2.12. The molecule has 1 aromatic rings. The molecule has 0 aliphatic carbocycles. The smallest absolute Gasteiger partial charge is 0.409 e. The van der Waals surface area contributed by atoms with Gasteiger partial charge in [0.1, 0.15) is 0 Å². The van der Waals surface area contributed by atoms with Gasteiger partial charge in [0.05, 0.1) is 6.61 Å². The fraction of sp³-hybridized carbons (Fsp3) is 0.529. The zero-order valence-corrected chi connectivity index (χ0v) is 15.0. The summed E-state index contributed by atoms with van der Waals surface area (Å²) in [6, 6.07) is 8.03. The molecule has 1 aromatic carbocycles. The van der Waals surface area contributed by atoms with Crippen molar-refractivity contribution in [2.75, 3.05) is 26.7 Å². The molecule has 0 atom stereocenters. The highest BCUT2D eigenvalue weighted by molar-refractivity contribution is 6.30. The summed E-state index contributed by atoms with van der Waals surface area (Å²) in [7, 11) is 1.75. The lowest BCUT2D eigenvalue weighted by atomic mass is 10.1. The Morgan fingerprint density at radius 3 is 2.79 bits per heavy atom. The van der Waals surface area contributed by atoms with Crippen molar-refractivity contribution in [1.82, 2.24) is 15.5 Å². The second kappa shape index (κ2) is 9.37. The molecule has 1 aliphatic heterocycles. The first kappa shape index (κ1) is 18.4. The fourth-order valence-electron chi connectivity index (χ4n) is 2.64. The Balaban J connectivity index is 1.77.